The van der Waals surface area contributed by atoms with Crippen LogP contribution in [0.1, 0.15) is 58.6 Å². The van der Waals surface area contributed by atoms with Crippen LogP contribution in [0.2, 0.25) is 0 Å². The van der Waals surface area contributed by atoms with Gasteiger partial charge in [-0.15, -0.1) is 11.3 Å². The Hall–Kier alpha value is -0.990. The van der Waals surface area contributed by atoms with E-state index in [1.165, 1.54) is 23.3 Å². The summed E-state index contributed by atoms with van der Waals surface area (Å²) < 4.78 is 6.28. The summed E-state index contributed by atoms with van der Waals surface area (Å²) in [5.74, 6) is 0.0694. The molecule has 1 spiro atoms. The summed E-state index contributed by atoms with van der Waals surface area (Å²) in [5.41, 5.74) is 0.911. The molecule has 1 aromatic rings. The van der Waals surface area contributed by atoms with Gasteiger partial charge >= 0.3 is 0 Å². The summed E-state index contributed by atoms with van der Waals surface area (Å²) in [7, 11) is 0. The van der Waals surface area contributed by atoms with Crippen LogP contribution in [-0.2, 0) is 16.8 Å². The zero-order valence-corrected chi connectivity index (χ0v) is 16.6. The summed E-state index contributed by atoms with van der Waals surface area (Å²) in [4.78, 5) is 17.0. The first-order valence-corrected chi connectivity index (χ1v) is 11.0. The first-order valence-electron chi connectivity index (χ1n) is 10.2. The fourth-order valence-corrected chi connectivity index (χ4v) is 5.86. The third-order valence-corrected chi connectivity index (χ3v) is 7.46. The number of rotatable bonds is 5. The van der Waals surface area contributed by atoms with Gasteiger partial charge in [-0.25, -0.2) is 0 Å². The lowest BCUT2D eigenvalue weighted by Gasteiger charge is -2.44. The summed E-state index contributed by atoms with van der Waals surface area (Å²) in [5, 5.41) is 21.9. The molecule has 0 bridgehead atoms. The van der Waals surface area contributed by atoms with Crippen molar-refractivity contribution in [2.24, 2.45) is 0 Å². The molecule has 150 valence electrons. The van der Waals surface area contributed by atoms with Crippen molar-refractivity contribution < 1.29 is 19.7 Å². The van der Waals surface area contributed by atoms with Crippen molar-refractivity contribution in [3.8, 4) is 0 Å². The third kappa shape index (κ3) is 4.07. The Labute approximate surface area is 164 Å². The fourth-order valence-electron chi connectivity index (χ4n) is 4.72. The molecule has 1 aliphatic carbocycles. The van der Waals surface area contributed by atoms with E-state index < -0.39 is 6.10 Å². The summed E-state index contributed by atoms with van der Waals surface area (Å²) in [6.45, 7) is 2.66. The number of amides is 1. The average molecular weight is 395 g/mol. The van der Waals surface area contributed by atoms with Gasteiger partial charge in [0.2, 0.25) is 0 Å². The largest absolute Gasteiger partial charge is 0.394 e. The molecule has 7 heteroatoms. The molecule has 1 saturated heterocycles. The predicted molar refractivity (Wildman–Crippen MR) is 104 cm³/mol. The maximum Gasteiger partial charge on any atom is 0.261 e. The van der Waals surface area contributed by atoms with Crippen molar-refractivity contribution in [1.29, 1.82) is 0 Å². The molecule has 1 aromatic heterocycles. The fraction of sp³-hybridized carbons (Fsp3) is 0.750. The van der Waals surface area contributed by atoms with E-state index in [-0.39, 0.29) is 18.1 Å². The number of likely N-dealkylation sites (tertiary alicyclic amines) is 1. The number of fused-ring (bicyclic) bond motifs is 2. The van der Waals surface area contributed by atoms with E-state index in [2.05, 4.69) is 16.3 Å². The zero-order valence-electron chi connectivity index (χ0n) is 15.8. The third-order valence-electron chi connectivity index (χ3n) is 6.26. The summed E-state index contributed by atoms with van der Waals surface area (Å²) in [6, 6.07) is 2.41. The highest BCUT2D eigenvalue weighted by atomic mass is 32.1. The molecule has 1 saturated carbocycles. The minimum Gasteiger partial charge on any atom is -0.394 e. The number of piperidine rings is 1. The molecule has 3 N–H and O–H groups in total. The van der Waals surface area contributed by atoms with Crippen LogP contribution in [0.25, 0.3) is 0 Å². The second-order valence-corrected chi connectivity index (χ2v) is 9.27. The van der Waals surface area contributed by atoms with Gasteiger partial charge in [0.15, 0.2) is 0 Å². The van der Waals surface area contributed by atoms with E-state index in [1.54, 1.807) is 11.3 Å². The number of nitrogens with one attached hydrogen (secondary N) is 1. The van der Waals surface area contributed by atoms with E-state index >= 15 is 0 Å². The van der Waals surface area contributed by atoms with Gasteiger partial charge in [-0.3, -0.25) is 4.79 Å². The van der Waals surface area contributed by atoms with Crippen molar-refractivity contribution in [2.75, 3.05) is 32.8 Å². The van der Waals surface area contributed by atoms with E-state index in [1.807, 2.05) is 0 Å². The molecule has 2 aliphatic heterocycles. The van der Waals surface area contributed by atoms with Crippen LogP contribution < -0.4 is 5.32 Å². The van der Waals surface area contributed by atoms with Crippen LogP contribution in [0.4, 0.5) is 0 Å². The minimum absolute atomic E-state index is 0.0694. The number of thiophene rings is 1. The highest BCUT2D eigenvalue weighted by molar-refractivity contribution is 7.14. The first kappa shape index (κ1) is 19.3. The van der Waals surface area contributed by atoms with Gasteiger partial charge in [0.05, 0.1) is 29.8 Å². The van der Waals surface area contributed by atoms with Gasteiger partial charge in [-0.05, 0) is 37.3 Å². The smallest absolute Gasteiger partial charge is 0.261 e. The lowest BCUT2D eigenvalue weighted by Crippen LogP contribution is -2.48. The number of aliphatic hydroxyl groups is 2. The van der Waals surface area contributed by atoms with E-state index in [4.69, 9.17) is 9.84 Å². The maximum absolute atomic E-state index is 12.7. The van der Waals surface area contributed by atoms with Gasteiger partial charge in [-0.1, -0.05) is 12.8 Å². The molecule has 1 unspecified atom stereocenters. The Balaban J connectivity index is 1.45. The highest BCUT2D eigenvalue weighted by Crippen LogP contribution is 2.44. The van der Waals surface area contributed by atoms with Crippen LogP contribution in [0.15, 0.2) is 6.07 Å². The molecule has 4 rings (SSSR count). The number of hydrogen-bond donors (Lipinski definition) is 3. The van der Waals surface area contributed by atoms with Crippen LogP contribution in [-0.4, -0.2) is 66.0 Å². The molecule has 3 aliphatic rings. The first-order chi connectivity index (χ1) is 13.1. The monoisotopic (exact) mass is 394 g/mol. The molecule has 0 radical (unpaired) electrons. The molecule has 0 aromatic carbocycles. The van der Waals surface area contributed by atoms with E-state index in [0.717, 1.165) is 50.1 Å². The van der Waals surface area contributed by atoms with Gasteiger partial charge in [0, 0.05) is 37.0 Å². The molecule has 27 heavy (non-hydrogen) atoms. The predicted octanol–water partition coefficient (Wildman–Crippen LogP) is 1.64. The number of aliphatic hydroxyl groups excluding tert-OH is 2. The van der Waals surface area contributed by atoms with Crippen molar-refractivity contribution in [3.63, 3.8) is 0 Å². The van der Waals surface area contributed by atoms with Gasteiger partial charge < -0.3 is 25.2 Å². The number of carbonyl (C=O) groups is 1. The number of ether oxygens (including phenoxy) is 1. The van der Waals surface area contributed by atoms with Crippen molar-refractivity contribution in [2.45, 2.75) is 62.7 Å². The molecular weight excluding hydrogens is 364 g/mol. The molecule has 1 amide bonds. The standard InChI is InChI=1S/C20H30N2O4S/c23-13-15(24)12-22-8-6-20(7-9-22)16-11-18(27-17(16)5-10-26-20)19(25)21-14-3-1-2-4-14/h11,14-15,23-24H,1-10,12-13H2,(H,21,25). The van der Waals surface area contributed by atoms with Crippen LogP contribution >= 0.6 is 11.3 Å². The number of hydrogen-bond acceptors (Lipinski definition) is 6. The number of nitrogens with zero attached hydrogens (tertiary/aromatic N) is 1. The van der Waals surface area contributed by atoms with Crippen LogP contribution in [0, 0.1) is 0 Å². The minimum atomic E-state index is -0.686. The van der Waals surface area contributed by atoms with Crippen LogP contribution in [0.3, 0.4) is 0 Å². The van der Waals surface area contributed by atoms with Gasteiger partial charge in [0.25, 0.3) is 5.91 Å². The van der Waals surface area contributed by atoms with Crippen molar-refractivity contribution >= 4 is 17.2 Å². The Bertz CT molecular complexity index is 663. The summed E-state index contributed by atoms with van der Waals surface area (Å²) in [6.07, 6.45) is 6.53. The highest BCUT2D eigenvalue weighted by Gasteiger charge is 2.42. The quantitative estimate of drug-likeness (QED) is 0.707. The normalized spacial score (nSPS) is 24.1. The van der Waals surface area contributed by atoms with Crippen molar-refractivity contribution in [3.05, 3.63) is 21.4 Å². The zero-order chi connectivity index (χ0) is 18.9. The molecular formula is C20H30N2O4S. The lowest BCUT2D eigenvalue weighted by atomic mass is 9.82. The molecule has 3 heterocycles. The second kappa shape index (κ2) is 8.17. The van der Waals surface area contributed by atoms with E-state index in [0.29, 0.717) is 19.2 Å². The van der Waals surface area contributed by atoms with Crippen LogP contribution in [0.5, 0.6) is 0 Å². The molecule has 6 nitrogen and oxygen atoms in total. The molecule has 2 fully saturated rings. The Kier molecular flexibility index (Phi) is 5.85. The number of carbonyl (C=O) groups excluding carboxylic acids is 1. The average Bonchev–Trinajstić information content (AvgIpc) is 3.34. The number of β-amino-alcohol motifs (C(OH)–C–C–N with tert-alkyl or cyclic N) is 1. The summed E-state index contributed by atoms with van der Waals surface area (Å²) >= 11 is 1.63. The SMILES string of the molecule is O=C(NC1CCCC1)c1cc2c(s1)CCOC21CCN(CC(O)CO)CC1. The maximum atomic E-state index is 12.7. The second-order valence-electron chi connectivity index (χ2n) is 8.13. The Morgan fingerprint density at radius 2 is 2.11 bits per heavy atom. The lowest BCUT2D eigenvalue weighted by molar-refractivity contribution is -0.101. The topological polar surface area (TPSA) is 82.0 Å². The molecule has 1 atom stereocenters. The Morgan fingerprint density at radius 1 is 1.37 bits per heavy atom. The van der Waals surface area contributed by atoms with Gasteiger partial charge in [-0.2, -0.15) is 0 Å². The van der Waals surface area contributed by atoms with E-state index in [9.17, 15) is 9.90 Å². The van der Waals surface area contributed by atoms with Gasteiger partial charge in [0.1, 0.15) is 0 Å². The Morgan fingerprint density at radius 3 is 2.81 bits per heavy atom. The van der Waals surface area contributed by atoms with Crippen molar-refractivity contribution in [1.82, 2.24) is 10.2 Å².